The van der Waals surface area contributed by atoms with Crippen LogP contribution in [0.1, 0.15) is 19.3 Å². The molecule has 3 N–H and O–H groups in total. The largest absolute Gasteiger partial charge is 0.353 e. The molecule has 3 rings (SSSR count). The number of hydrogen-bond acceptors (Lipinski definition) is 3. The smallest absolute Gasteiger partial charge is 0.204 e. The number of rotatable bonds is 4. The molecule has 1 aromatic heterocycles. The lowest BCUT2D eigenvalue weighted by molar-refractivity contribution is 0.441. The first-order chi connectivity index (χ1) is 8.38. The van der Waals surface area contributed by atoms with Crippen molar-refractivity contribution in [3.05, 3.63) is 24.3 Å². The van der Waals surface area contributed by atoms with Crippen LogP contribution in [0.3, 0.4) is 0 Å². The fourth-order valence-electron chi connectivity index (χ4n) is 2.28. The van der Waals surface area contributed by atoms with Gasteiger partial charge in [0.2, 0.25) is 5.95 Å². The fraction of sp³-hybridized carbons (Fsp3) is 0.462. The molecule has 0 bridgehead atoms. The van der Waals surface area contributed by atoms with Crippen LogP contribution in [-0.2, 0) is 6.54 Å². The second-order valence-corrected chi connectivity index (χ2v) is 4.64. The molecule has 0 unspecified atom stereocenters. The third kappa shape index (κ3) is 1.89. The molecular formula is C13H18N4. The van der Waals surface area contributed by atoms with Crippen molar-refractivity contribution in [2.45, 2.75) is 31.8 Å². The number of anilines is 1. The zero-order valence-electron chi connectivity index (χ0n) is 9.89. The summed E-state index contributed by atoms with van der Waals surface area (Å²) in [5.74, 6) is 0.973. The van der Waals surface area contributed by atoms with Gasteiger partial charge in [-0.2, -0.15) is 0 Å². The van der Waals surface area contributed by atoms with Crippen LogP contribution in [0.2, 0.25) is 0 Å². The number of hydrogen-bond donors (Lipinski definition) is 2. The number of imidazole rings is 1. The molecule has 1 aliphatic carbocycles. The van der Waals surface area contributed by atoms with Gasteiger partial charge in [-0.1, -0.05) is 12.1 Å². The Balaban J connectivity index is 1.98. The summed E-state index contributed by atoms with van der Waals surface area (Å²) in [6, 6.07) is 8.82. The van der Waals surface area contributed by atoms with E-state index in [1.165, 1.54) is 24.8 Å². The van der Waals surface area contributed by atoms with Gasteiger partial charge < -0.3 is 15.6 Å². The van der Waals surface area contributed by atoms with E-state index in [0.717, 1.165) is 18.0 Å². The van der Waals surface area contributed by atoms with Crippen LogP contribution < -0.4 is 11.1 Å². The van der Waals surface area contributed by atoms with Gasteiger partial charge in [0.25, 0.3) is 0 Å². The highest BCUT2D eigenvalue weighted by molar-refractivity contribution is 5.78. The average Bonchev–Trinajstić information content (AvgIpc) is 2.63. The molecular weight excluding hydrogens is 212 g/mol. The van der Waals surface area contributed by atoms with Gasteiger partial charge >= 0.3 is 0 Å². The minimum atomic E-state index is 0.600. The molecule has 1 aliphatic rings. The third-order valence-corrected chi connectivity index (χ3v) is 3.45. The first-order valence-corrected chi connectivity index (χ1v) is 6.30. The van der Waals surface area contributed by atoms with Crippen LogP contribution in [0.5, 0.6) is 0 Å². The van der Waals surface area contributed by atoms with Gasteiger partial charge in [-0.05, 0) is 31.4 Å². The lowest BCUT2D eigenvalue weighted by Crippen LogP contribution is -2.29. The monoisotopic (exact) mass is 230 g/mol. The van der Waals surface area contributed by atoms with E-state index in [9.17, 15) is 0 Å². The second kappa shape index (κ2) is 4.37. The van der Waals surface area contributed by atoms with Crippen LogP contribution in [0, 0.1) is 0 Å². The number of benzene rings is 1. The Morgan fingerprint density at radius 3 is 2.88 bits per heavy atom. The number of nitrogens with zero attached hydrogens (tertiary/aromatic N) is 2. The number of fused-ring (bicyclic) bond motifs is 1. The summed E-state index contributed by atoms with van der Waals surface area (Å²) in [4.78, 5) is 4.65. The quantitative estimate of drug-likeness (QED) is 0.844. The van der Waals surface area contributed by atoms with Crippen molar-refractivity contribution in [3.8, 4) is 0 Å². The Kier molecular flexibility index (Phi) is 2.73. The van der Waals surface area contributed by atoms with Gasteiger partial charge in [-0.25, -0.2) is 4.98 Å². The normalized spacial score (nSPS) is 16.1. The van der Waals surface area contributed by atoms with Gasteiger partial charge in [0.1, 0.15) is 0 Å². The summed E-state index contributed by atoms with van der Waals surface area (Å²) >= 11 is 0. The maximum Gasteiger partial charge on any atom is 0.204 e. The zero-order valence-corrected chi connectivity index (χ0v) is 9.89. The van der Waals surface area contributed by atoms with Crippen LogP contribution in [0.4, 0.5) is 5.95 Å². The molecule has 4 nitrogen and oxygen atoms in total. The van der Waals surface area contributed by atoms with Crippen molar-refractivity contribution in [1.29, 1.82) is 0 Å². The number of nitrogens with one attached hydrogen (secondary N) is 1. The second-order valence-electron chi connectivity index (χ2n) is 4.64. The topological polar surface area (TPSA) is 55.9 Å². The molecule has 0 radical (unpaired) electrons. The van der Waals surface area contributed by atoms with E-state index in [1.807, 2.05) is 18.2 Å². The maximum atomic E-state index is 5.68. The molecule has 1 aromatic carbocycles. The van der Waals surface area contributed by atoms with Crippen molar-refractivity contribution in [3.63, 3.8) is 0 Å². The summed E-state index contributed by atoms with van der Waals surface area (Å²) < 4.78 is 2.19. The zero-order chi connectivity index (χ0) is 11.7. The van der Waals surface area contributed by atoms with Gasteiger partial charge in [0, 0.05) is 19.1 Å². The molecule has 0 spiro atoms. The summed E-state index contributed by atoms with van der Waals surface area (Å²) in [6.45, 7) is 1.45. The predicted molar refractivity (Wildman–Crippen MR) is 70.0 cm³/mol. The molecule has 0 atom stereocenters. The van der Waals surface area contributed by atoms with Crippen molar-refractivity contribution in [2.75, 3.05) is 11.9 Å². The van der Waals surface area contributed by atoms with Gasteiger partial charge in [-0.3, -0.25) is 0 Å². The molecule has 90 valence electrons. The molecule has 17 heavy (non-hydrogen) atoms. The first-order valence-electron chi connectivity index (χ1n) is 6.30. The predicted octanol–water partition coefficient (Wildman–Crippen LogP) is 1.96. The molecule has 2 aromatic rings. The minimum Gasteiger partial charge on any atom is -0.353 e. The van der Waals surface area contributed by atoms with E-state index in [-0.39, 0.29) is 0 Å². The molecule has 1 heterocycles. The molecule has 4 heteroatoms. The number of aromatic nitrogens is 2. The summed E-state index contributed by atoms with van der Waals surface area (Å²) in [7, 11) is 0. The summed E-state index contributed by atoms with van der Waals surface area (Å²) in [5.41, 5.74) is 7.89. The maximum absolute atomic E-state index is 5.68. The first kappa shape index (κ1) is 10.6. The summed E-state index contributed by atoms with van der Waals surface area (Å²) in [6.07, 6.45) is 3.84. The Morgan fingerprint density at radius 1 is 1.35 bits per heavy atom. The molecule has 0 aliphatic heterocycles. The fourth-order valence-corrected chi connectivity index (χ4v) is 2.28. The van der Waals surface area contributed by atoms with Crippen LogP contribution in [0.25, 0.3) is 11.0 Å². The van der Waals surface area contributed by atoms with Gasteiger partial charge in [-0.15, -0.1) is 0 Å². The molecule has 1 fully saturated rings. The lowest BCUT2D eigenvalue weighted by atomic mass is 9.93. The van der Waals surface area contributed by atoms with E-state index in [0.29, 0.717) is 12.6 Å². The SMILES string of the molecule is NCCn1c(NC2CCC2)nc2ccccc21. The molecule has 0 amide bonds. The Bertz CT molecular complexity index is 513. The molecule has 0 saturated heterocycles. The van der Waals surface area contributed by atoms with E-state index in [4.69, 9.17) is 5.73 Å². The van der Waals surface area contributed by atoms with Gasteiger partial charge in [0.05, 0.1) is 11.0 Å². The van der Waals surface area contributed by atoms with E-state index in [2.05, 4.69) is 20.9 Å². The number of nitrogens with two attached hydrogens (primary N) is 1. The van der Waals surface area contributed by atoms with Gasteiger partial charge in [0.15, 0.2) is 0 Å². The number of para-hydroxylation sites is 2. The van der Waals surface area contributed by atoms with Crippen molar-refractivity contribution in [2.24, 2.45) is 5.73 Å². The van der Waals surface area contributed by atoms with E-state index in [1.54, 1.807) is 0 Å². The molecule has 1 saturated carbocycles. The average molecular weight is 230 g/mol. The highest BCUT2D eigenvalue weighted by Crippen LogP contribution is 2.25. The standard InChI is InChI=1S/C13H18N4/c14-8-9-17-12-7-2-1-6-11(12)16-13(17)15-10-4-3-5-10/h1-2,6-7,10H,3-5,8-9,14H2,(H,15,16). The van der Waals surface area contributed by atoms with Crippen molar-refractivity contribution >= 4 is 17.0 Å². The Hall–Kier alpha value is -1.55. The Morgan fingerprint density at radius 2 is 2.18 bits per heavy atom. The van der Waals surface area contributed by atoms with Crippen molar-refractivity contribution in [1.82, 2.24) is 9.55 Å². The highest BCUT2D eigenvalue weighted by Gasteiger charge is 2.20. The van der Waals surface area contributed by atoms with Crippen molar-refractivity contribution < 1.29 is 0 Å². The lowest BCUT2D eigenvalue weighted by Gasteiger charge is -2.27. The Labute approximate surface area is 101 Å². The van der Waals surface area contributed by atoms with E-state index < -0.39 is 0 Å². The van der Waals surface area contributed by atoms with Crippen LogP contribution >= 0.6 is 0 Å². The summed E-state index contributed by atoms with van der Waals surface area (Å²) in [5, 5.41) is 3.52. The van der Waals surface area contributed by atoms with E-state index >= 15 is 0 Å². The van der Waals surface area contributed by atoms with Crippen LogP contribution in [0.15, 0.2) is 24.3 Å². The third-order valence-electron chi connectivity index (χ3n) is 3.45. The van der Waals surface area contributed by atoms with Crippen LogP contribution in [-0.4, -0.2) is 22.1 Å². The minimum absolute atomic E-state index is 0.600. The highest BCUT2D eigenvalue weighted by atomic mass is 15.2.